The zero-order valence-electron chi connectivity index (χ0n) is 10.7. The molecule has 0 saturated carbocycles. The van der Waals surface area contributed by atoms with Crippen molar-refractivity contribution in [3.8, 4) is 0 Å². The number of tetrazole rings is 1. The van der Waals surface area contributed by atoms with Gasteiger partial charge in [0.15, 0.2) is 5.82 Å². The lowest BCUT2D eigenvalue weighted by Crippen LogP contribution is -2.40. The second-order valence-corrected chi connectivity index (χ2v) is 4.70. The Kier molecular flexibility index (Phi) is 2.98. The number of amides is 1. The highest BCUT2D eigenvalue weighted by atomic mass is 16.2. The lowest BCUT2D eigenvalue weighted by molar-refractivity contribution is 0.0693. The molecule has 19 heavy (non-hydrogen) atoms. The number of carbonyl (C=O) groups excluding carboxylic acids is 1. The van der Waals surface area contributed by atoms with Crippen LogP contribution >= 0.6 is 0 Å². The zero-order valence-corrected chi connectivity index (χ0v) is 10.7. The van der Waals surface area contributed by atoms with Crippen LogP contribution < -0.4 is 0 Å². The van der Waals surface area contributed by atoms with Gasteiger partial charge in [-0.3, -0.25) is 9.48 Å². The number of likely N-dealkylation sites (tertiary alicyclic amines) is 1. The van der Waals surface area contributed by atoms with Gasteiger partial charge in [-0.1, -0.05) is 5.21 Å². The summed E-state index contributed by atoms with van der Waals surface area (Å²) in [5.74, 6) is 0.848. The first-order valence-electron chi connectivity index (χ1n) is 6.26. The molecule has 1 aliphatic heterocycles. The maximum atomic E-state index is 12.4. The number of hydrogen-bond acceptors (Lipinski definition) is 5. The van der Waals surface area contributed by atoms with Gasteiger partial charge in [0, 0.05) is 32.3 Å². The Morgan fingerprint density at radius 2 is 2.42 bits per heavy atom. The van der Waals surface area contributed by atoms with E-state index in [0.29, 0.717) is 18.1 Å². The molecule has 2 aromatic rings. The van der Waals surface area contributed by atoms with Crippen molar-refractivity contribution in [1.29, 1.82) is 0 Å². The minimum absolute atomic E-state index is 0.00759. The first-order valence-corrected chi connectivity index (χ1v) is 6.26. The molecule has 1 N–H and O–H groups in total. The molecular weight excluding hydrogens is 246 g/mol. The summed E-state index contributed by atoms with van der Waals surface area (Å²) < 4.78 is 1.60. The average Bonchev–Trinajstić information content (AvgIpc) is 3.09. The van der Waals surface area contributed by atoms with Gasteiger partial charge in [-0.25, -0.2) is 0 Å². The molecule has 2 aromatic heterocycles. The van der Waals surface area contributed by atoms with E-state index >= 15 is 0 Å². The van der Waals surface area contributed by atoms with Crippen LogP contribution in [0.15, 0.2) is 12.3 Å². The molecule has 0 bridgehead atoms. The summed E-state index contributed by atoms with van der Waals surface area (Å²) in [5, 5.41) is 18.1. The van der Waals surface area contributed by atoms with Crippen LogP contribution in [0.4, 0.5) is 0 Å². The third-order valence-corrected chi connectivity index (χ3v) is 3.48. The first kappa shape index (κ1) is 11.8. The lowest BCUT2D eigenvalue weighted by Gasteiger charge is -2.31. The molecule has 1 aliphatic rings. The summed E-state index contributed by atoms with van der Waals surface area (Å²) in [4.78, 5) is 14.2. The molecule has 1 saturated heterocycles. The van der Waals surface area contributed by atoms with Gasteiger partial charge in [0.1, 0.15) is 5.69 Å². The minimum atomic E-state index is 0.00759. The van der Waals surface area contributed by atoms with E-state index in [9.17, 15) is 4.79 Å². The predicted octanol–water partition coefficient (Wildman–Crippen LogP) is -0.0470. The zero-order chi connectivity index (χ0) is 13.2. The SMILES string of the molecule is Cn1nccc1C(=O)N1CCC[C@@H](c2nn[nH]n2)C1. The minimum Gasteiger partial charge on any atom is -0.337 e. The number of H-pyrrole nitrogens is 1. The van der Waals surface area contributed by atoms with Gasteiger partial charge in [-0.15, -0.1) is 10.2 Å². The Labute approximate surface area is 109 Å². The Hall–Kier alpha value is -2.25. The highest BCUT2D eigenvalue weighted by molar-refractivity contribution is 5.92. The molecule has 0 aliphatic carbocycles. The molecule has 0 radical (unpaired) electrons. The number of hydrogen-bond donors (Lipinski definition) is 1. The largest absolute Gasteiger partial charge is 0.337 e. The van der Waals surface area contributed by atoms with Gasteiger partial charge < -0.3 is 4.90 Å². The lowest BCUT2D eigenvalue weighted by atomic mass is 9.97. The maximum absolute atomic E-state index is 12.4. The van der Waals surface area contributed by atoms with Crippen molar-refractivity contribution in [3.05, 3.63) is 23.8 Å². The number of carbonyl (C=O) groups is 1. The molecule has 1 amide bonds. The van der Waals surface area contributed by atoms with Gasteiger partial charge in [0.2, 0.25) is 0 Å². The van der Waals surface area contributed by atoms with Crippen LogP contribution in [-0.2, 0) is 7.05 Å². The fraction of sp³-hybridized carbons (Fsp3) is 0.545. The van der Waals surface area contributed by atoms with Gasteiger partial charge >= 0.3 is 0 Å². The normalized spacial score (nSPS) is 19.6. The van der Waals surface area contributed by atoms with E-state index in [0.717, 1.165) is 19.4 Å². The number of aromatic nitrogens is 6. The monoisotopic (exact) mass is 261 g/mol. The Morgan fingerprint density at radius 1 is 1.53 bits per heavy atom. The molecule has 0 aromatic carbocycles. The highest BCUT2D eigenvalue weighted by Gasteiger charge is 2.28. The molecule has 100 valence electrons. The van der Waals surface area contributed by atoms with Crippen LogP contribution in [0.2, 0.25) is 0 Å². The molecule has 8 nitrogen and oxygen atoms in total. The third kappa shape index (κ3) is 2.20. The fourth-order valence-corrected chi connectivity index (χ4v) is 2.46. The Balaban J connectivity index is 1.75. The van der Waals surface area contributed by atoms with E-state index in [-0.39, 0.29) is 11.8 Å². The number of aromatic amines is 1. The fourth-order valence-electron chi connectivity index (χ4n) is 2.46. The molecule has 3 rings (SSSR count). The Morgan fingerprint density at radius 3 is 3.11 bits per heavy atom. The summed E-state index contributed by atoms with van der Waals surface area (Å²) >= 11 is 0. The summed E-state index contributed by atoms with van der Waals surface area (Å²) in [6, 6.07) is 1.74. The van der Waals surface area contributed by atoms with Gasteiger partial charge in [-0.05, 0) is 18.9 Å². The first-order chi connectivity index (χ1) is 9.25. The number of rotatable bonds is 2. The second-order valence-electron chi connectivity index (χ2n) is 4.70. The van der Waals surface area contributed by atoms with Crippen LogP contribution in [-0.4, -0.2) is 54.3 Å². The van der Waals surface area contributed by atoms with E-state index in [2.05, 4.69) is 25.7 Å². The third-order valence-electron chi connectivity index (χ3n) is 3.48. The van der Waals surface area contributed by atoms with E-state index < -0.39 is 0 Å². The van der Waals surface area contributed by atoms with E-state index in [1.54, 1.807) is 24.0 Å². The number of aryl methyl sites for hydroxylation is 1. The van der Waals surface area contributed by atoms with Crippen molar-refractivity contribution in [2.45, 2.75) is 18.8 Å². The second kappa shape index (κ2) is 4.79. The van der Waals surface area contributed by atoms with Crippen molar-refractivity contribution in [1.82, 2.24) is 35.3 Å². The van der Waals surface area contributed by atoms with Crippen molar-refractivity contribution >= 4 is 5.91 Å². The highest BCUT2D eigenvalue weighted by Crippen LogP contribution is 2.24. The van der Waals surface area contributed by atoms with E-state index in [1.165, 1.54) is 0 Å². The molecule has 0 unspecified atom stereocenters. The summed E-state index contributed by atoms with van der Waals surface area (Å²) in [6.45, 7) is 1.39. The molecule has 1 atom stereocenters. The van der Waals surface area contributed by atoms with Crippen molar-refractivity contribution in [2.75, 3.05) is 13.1 Å². The number of piperidine rings is 1. The van der Waals surface area contributed by atoms with Gasteiger partial charge in [0.05, 0.1) is 0 Å². The van der Waals surface area contributed by atoms with Gasteiger partial charge in [-0.2, -0.15) is 10.3 Å². The quantitative estimate of drug-likeness (QED) is 0.818. The van der Waals surface area contributed by atoms with Crippen LogP contribution in [0.25, 0.3) is 0 Å². The standard InChI is InChI=1S/C11H15N7O/c1-17-9(4-5-12-17)11(19)18-6-2-3-8(7-18)10-13-15-16-14-10/h4-5,8H,2-3,6-7H2,1H3,(H,13,14,15,16)/t8-/m1/s1. The molecular formula is C11H15N7O. The maximum Gasteiger partial charge on any atom is 0.272 e. The Bertz CT molecular complexity index is 561. The van der Waals surface area contributed by atoms with Crippen LogP contribution in [0.3, 0.4) is 0 Å². The summed E-state index contributed by atoms with van der Waals surface area (Å²) in [6.07, 6.45) is 3.56. The van der Waals surface area contributed by atoms with Crippen molar-refractivity contribution in [3.63, 3.8) is 0 Å². The van der Waals surface area contributed by atoms with Crippen LogP contribution in [0.1, 0.15) is 35.1 Å². The van der Waals surface area contributed by atoms with E-state index in [4.69, 9.17) is 0 Å². The molecule has 3 heterocycles. The number of nitrogens with zero attached hydrogens (tertiary/aromatic N) is 6. The van der Waals surface area contributed by atoms with Gasteiger partial charge in [0.25, 0.3) is 5.91 Å². The summed E-state index contributed by atoms with van der Waals surface area (Å²) in [7, 11) is 1.77. The van der Waals surface area contributed by atoms with Crippen molar-refractivity contribution in [2.24, 2.45) is 7.05 Å². The smallest absolute Gasteiger partial charge is 0.272 e. The molecule has 0 spiro atoms. The summed E-state index contributed by atoms with van der Waals surface area (Å²) in [5.41, 5.74) is 0.605. The number of nitrogens with one attached hydrogen (secondary N) is 1. The predicted molar refractivity (Wildman–Crippen MR) is 65.3 cm³/mol. The van der Waals surface area contributed by atoms with E-state index in [1.807, 2.05) is 4.90 Å². The van der Waals surface area contributed by atoms with Crippen LogP contribution in [0.5, 0.6) is 0 Å². The van der Waals surface area contributed by atoms with Crippen molar-refractivity contribution < 1.29 is 4.79 Å². The molecule has 1 fully saturated rings. The average molecular weight is 261 g/mol. The molecule has 8 heteroatoms. The van der Waals surface area contributed by atoms with Crippen LogP contribution in [0, 0.1) is 0 Å². The topological polar surface area (TPSA) is 92.6 Å².